The molecule has 2 aromatic rings. The van der Waals surface area contributed by atoms with Crippen LogP contribution in [0.5, 0.6) is 0 Å². The van der Waals surface area contributed by atoms with Gasteiger partial charge in [-0.3, -0.25) is 9.80 Å². The van der Waals surface area contributed by atoms with Gasteiger partial charge in [-0.2, -0.15) is 0 Å². The Kier molecular flexibility index (Phi) is 5.66. The molecule has 2 aliphatic rings. The summed E-state index contributed by atoms with van der Waals surface area (Å²) < 4.78 is 5.61. The molecule has 2 aliphatic heterocycles. The van der Waals surface area contributed by atoms with E-state index in [0.29, 0.717) is 12.1 Å². The van der Waals surface area contributed by atoms with Gasteiger partial charge in [-0.1, -0.05) is 18.2 Å². The van der Waals surface area contributed by atoms with Gasteiger partial charge in [0.2, 0.25) is 5.95 Å². The highest BCUT2D eigenvalue weighted by Crippen LogP contribution is 2.23. The van der Waals surface area contributed by atoms with Gasteiger partial charge in [0, 0.05) is 57.3 Å². The van der Waals surface area contributed by atoms with Crippen molar-refractivity contribution in [3.8, 4) is 0 Å². The maximum Gasteiger partial charge on any atom is 0.222 e. The van der Waals surface area contributed by atoms with Gasteiger partial charge in [-0.25, -0.2) is 9.97 Å². The van der Waals surface area contributed by atoms with Crippen LogP contribution in [0.15, 0.2) is 30.6 Å². The molecule has 4 rings (SSSR count). The minimum absolute atomic E-state index is 0.298. The highest BCUT2D eigenvalue weighted by molar-refractivity contribution is 5.34. The van der Waals surface area contributed by atoms with Gasteiger partial charge in [-0.05, 0) is 43.6 Å². The summed E-state index contributed by atoms with van der Waals surface area (Å²) in [6.07, 6.45) is 6.40. The predicted molar refractivity (Wildman–Crippen MR) is 106 cm³/mol. The Morgan fingerprint density at radius 2 is 1.93 bits per heavy atom. The van der Waals surface area contributed by atoms with Crippen molar-refractivity contribution < 1.29 is 4.74 Å². The van der Waals surface area contributed by atoms with E-state index in [0.717, 1.165) is 57.7 Å². The molecule has 1 N–H and O–H groups in total. The third-order valence-corrected chi connectivity index (χ3v) is 5.27. The van der Waals surface area contributed by atoms with Crippen LogP contribution in [0.3, 0.4) is 0 Å². The fraction of sp³-hybridized carbons (Fsp3) is 0.524. The molecular weight excluding hydrogens is 338 g/mol. The first-order valence-corrected chi connectivity index (χ1v) is 9.80. The van der Waals surface area contributed by atoms with Crippen molar-refractivity contribution in [2.75, 3.05) is 32.6 Å². The van der Waals surface area contributed by atoms with Gasteiger partial charge in [0.1, 0.15) is 0 Å². The van der Waals surface area contributed by atoms with Crippen LogP contribution in [-0.4, -0.2) is 53.1 Å². The maximum absolute atomic E-state index is 5.61. The molecule has 144 valence electrons. The number of aromatic nitrogens is 2. The van der Waals surface area contributed by atoms with Crippen LogP contribution in [0.25, 0.3) is 0 Å². The summed E-state index contributed by atoms with van der Waals surface area (Å²) in [7, 11) is 4.31. The van der Waals surface area contributed by atoms with Crippen LogP contribution < -0.4 is 5.32 Å². The van der Waals surface area contributed by atoms with E-state index in [9.17, 15) is 0 Å². The molecule has 27 heavy (non-hydrogen) atoms. The average molecular weight is 367 g/mol. The first-order chi connectivity index (χ1) is 13.2. The molecule has 0 radical (unpaired) electrons. The Balaban J connectivity index is 1.28. The second kappa shape index (κ2) is 8.33. The Bertz CT molecular complexity index is 758. The molecule has 1 saturated heterocycles. The molecule has 0 spiro atoms. The lowest BCUT2D eigenvalue weighted by molar-refractivity contribution is 0.120. The lowest BCUT2D eigenvalue weighted by Crippen LogP contribution is -2.20. The van der Waals surface area contributed by atoms with Crippen LogP contribution >= 0.6 is 0 Å². The van der Waals surface area contributed by atoms with Crippen molar-refractivity contribution in [2.45, 2.75) is 45.1 Å². The highest BCUT2D eigenvalue weighted by atomic mass is 16.5. The number of nitrogens with zero attached hydrogens (tertiary/aromatic N) is 4. The number of anilines is 1. The minimum Gasteiger partial charge on any atom is -0.376 e. The fourth-order valence-electron chi connectivity index (χ4n) is 3.93. The fourth-order valence-corrected chi connectivity index (χ4v) is 3.93. The van der Waals surface area contributed by atoms with E-state index in [1.165, 1.54) is 16.7 Å². The normalized spacial score (nSPS) is 19.6. The molecule has 0 aliphatic carbocycles. The predicted octanol–water partition coefficient (Wildman–Crippen LogP) is 2.64. The smallest absolute Gasteiger partial charge is 0.222 e. The zero-order valence-electron chi connectivity index (χ0n) is 16.3. The molecule has 1 aromatic carbocycles. The molecule has 1 atom stereocenters. The van der Waals surface area contributed by atoms with E-state index >= 15 is 0 Å². The van der Waals surface area contributed by atoms with Crippen molar-refractivity contribution in [2.24, 2.45) is 0 Å². The van der Waals surface area contributed by atoms with E-state index in [1.807, 2.05) is 12.4 Å². The Morgan fingerprint density at radius 1 is 1.15 bits per heavy atom. The molecule has 0 unspecified atom stereocenters. The van der Waals surface area contributed by atoms with Crippen molar-refractivity contribution >= 4 is 5.95 Å². The number of hydrogen-bond acceptors (Lipinski definition) is 6. The topological polar surface area (TPSA) is 53.5 Å². The maximum atomic E-state index is 5.61. The van der Waals surface area contributed by atoms with E-state index in [1.54, 1.807) is 0 Å². The highest BCUT2D eigenvalue weighted by Gasteiger charge is 2.16. The van der Waals surface area contributed by atoms with Crippen molar-refractivity contribution in [1.82, 2.24) is 19.8 Å². The molecule has 1 aromatic heterocycles. The molecule has 6 nitrogen and oxygen atoms in total. The molecule has 6 heteroatoms. The molecule has 3 heterocycles. The summed E-state index contributed by atoms with van der Waals surface area (Å²) in [5, 5.41) is 3.27. The van der Waals surface area contributed by atoms with Gasteiger partial charge in [0.05, 0.1) is 6.10 Å². The standard InChI is InChI=1S/C21H29N5O/c1-25(12-16-5-6-18-14-26(2)15-19(18)8-16)13-17-9-22-21(23-10-17)24-11-20-4-3-7-27-20/h5-6,8-10,20H,3-4,7,11-15H2,1-2H3,(H,22,23,24)/t20-/m1/s1. The average Bonchev–Trinajstić information content (AvgIpc) is 3.29. The first kappa shape index (κ1) is 18.3. The number of hydrogen-bond donors (Lipinski definition) is 1. The van der Waals surface area contributed by atoms with Gasteiger partial charge in [0.15, 0.2) is 0 Å². The van der Waals surface area contributed by atoms with Crippen LogP contribution in [0.1, 0.15) is 35.1 Å². The number of rotatable bonds is 7. The van der Waals surface area contributed by atoms with E-state index in [2.05, 4.69) is 57.4 Å². The summed E-state index contributed by atoms with van der Waals surface area (Å²) in [6, 6.07) is 6.88. The van der Waals surface area contributed by atoms with Crippen LogP contribution in [-0.2, 0) is 30.9 Å². The second-order valence-electron chi connectivity index (χ2n) is 7.88. The molecular formula is C21H29N5O. The van der Waals surface area contributed by atoms with E-state index in [-0.39, 0.29) is 0 Å². The Labute approximate surface area is 161 Å². The molecule has 0 bridgehead atoms. The van der Waals surface area contributed by atoms with Crippen molar-refractivity contribution in [1.29, 1.82) is 0 Å². The van der Waals surface area contributed by atoms with Crippen LogP contribution in [0.2, 0.25) is 0 Å². The summed E-state index contributed by atoms with van der Waals surface area (Å²) in [6.45, 7) is 5.54. The van der Waals surface area contributed by atoms with Gasteiger partial charge < -0.3 is 10.1 Å². The van der Waals surface area contributed by atoms with Gasteiger partial charge >= 0.3 is 0 Å². The van der Waals surface area contributed by atoms with Crippen LogP contribution in [0, 0.1) is 0 Å². The number of fused-ring (bicyclic) bond motifs is 1. The van der Waals surface area contributed by atoms with Gasteiger partial charge in [-0.15, -0.1) is 0 Å². The minimum atomic E-state index is 0.298. The lowest BCUT2D eigenvalue weighted by Gasteiger charge is -2.17. The number of ether oxygens (including phenoxy) is 1. The molecule has 1 fully saturated rings. The summed E-state index contributed by atoms with van der Waals surface area (Å²) >= 11 is 0. The van der Waals surface area contributed by atoms with Crippen molar-refractivity contribution in [3.05, 3.63) is 52.8 Å². The summed E-state index contributed by atoms with van der Waals surface area (Å²) in [4.78, 5) is 13.5. The van der Waals surface area contributed by atoms with Crippen molar-refractivity contribution in [3.63, 3.8) is 0 Å². The summed E-state index contributed by atoms with van der Waals surface area (Å²) in [5.41, 5.74) is 5.42. The lowest BCUT2D eigenvalue weighted by atomic mass is 10.1. The largest absolute Gasteiger partial charge is 0.376 e. The zero-order chi connectivity index (χ0) is 18.6. The Morgan fingerprint density at radius 3 is 2.70 bits per heavy atom. The monoisotopic (exact) mass is 367 g/mol. The van der Waals surface area contributed by atoms with Gasteiger partial charge in [0.25, 0.3) is 0 Å². The molecule has 0 amide bonds. The number of nitrogens with one attached hydrogen (secondary N) is 1. The van der Waals surface area contributed by atoms with Crippen LogP contribution in [0.4, 0.5) is 5.95 Å². The summed E-state index contributed by atoms with van der Waals surface area (Å²) in [5.74, 6) is 0.680. The second-order valence-corrected chi connectivity index (χ2v) is 7.88. The Hall–Kier alpha value is -2.02. The first-order valence-electron chi connectivity index (χ1n) is 9.80. The SMILES string of the molecule is CN(Cc1cnc(NC[C@H]2CCCO2)nc1)Cc1ccc2c(c1)CN(C)C2. The number of benzene rings is 1. The quantitative estimate of drug-likeness (QED) is 0.812. The van der Waals surface area contributed by atoms with E-state index in [4.69, 9.17) is 4.74 Å². The molecule has 0 saturated carbocycles. The third kappa shape index (κ3) is 4.83. The zero-order valence-corrected chi connectivity index (χ0v) is 16.3. The third-order valence-electron chi connectivity index (χ3n) is 5.27. The van der Waals surface area contributed by atoms with E-state index < -0.39 is 0 Å².